The first-order valence-corrected chi connectivity index (χ1v) is 8.18. The van der Waals surface area contributed by atoms with Crippen LogP contribution in [0, 0.1) is 0 Å². The average Bonchev–Trinajstić information content (AvgIpc) is 3.29. The molecule has 0 radical (unpaired) electrons. The van der Waals surface area contributed by atoms with Crippen molar-refractivity contribution in [1.29, 1.82) is 0 Å². The zero-order chi connectivity index (χ0) is 16.8. The molecule has 130 valence electrons. The largest absolute Gasteiger partial charge is 0.467 e. The Labute approximate surface area is 140 Å². The van der Waals surface area contributed by atoms with Crippen molar-refractivity contribution in [2.45, 2.75) is 25.1 Å². The van der Waals surface area contributed by atoms with E-state index in [4.69, 9.17) is 9.15 Å². The first kappa shape index (κ1) is 16.6. The summed E-state index contributed by atoms with van der Waals surface area (Å²) in [5.41, 5.74) is 0. The SMILES string of the molecule is O=C(NCCn1cccc1)N1CCOC[C@H]1C[C@H](O)c1ccco1. The Morgan fingerprint density at radius 2 is 2.21 bits per heavy atom. The lowest BCUT2D eigenvalue weighted by molar-refractivity contribution is -0.00967. The summed E-state index contributed by atoms with van der Waals surface area (Å²) in [4.78, 5) is 14.2. The molecule has 1 aliphatic heterocycles. The van der Waals surface area contributed by atoms with E-state index < -0.39 is 6.10 Å². The molecule has 0 bridgehead atoms. The van der Waals surface area contributed by atoms with Gasteiger partial charge in [0.25, 0.3) is 0 Å². The summed E-state index contributed by atoms with van der Waals surface area (Å²) in [6, 6.07) is 7.08. The minimum atomic E-state index is -0.748. The molecule has 2 atom stereocenters. The number of morpholine rings is 1. The van der Waals surface area contributed by atoms with Gasteiger partial charge in [0.15, 0.2) is 0 Å². The van der Waals surface area contributed by atoms with Crippen molar-refractivity contribution in [2.24, 2.45) is 0 Å². The average molecular weight is 333 g/mol. The number of hydrogen-bond acceptors (Lipinski definition) is 4. The second-order valence-electron chi connectivity index (χ2n) is 5.84. The van der Waals surface area contributed by atoms with Crippen LogP contribution < -0.4 is 5.32 Å². The molecule has 3 rings (SSSR count). The Morgan fingerprint density at radius 3 is 2.96 bits per heavy atom. The number of aliphatic hydroxyl groups is 1. The van der Waals surface area contributed by atoms with Crippen LogP contribution >= 0.6 is 0 Å². The van der Waals surface area contributed by atoms with Gasteiger partial charge in [-0.15, -0.1) is 0 Å². The number of urea groups is 1. The van der Waals surface area contributed by atoms with Gasteiger partial charge in [0.05, 0.1) is 25.5 Å². The maximum absolute atomic E-state index is 12.4. The summed E-state index contributed by atoms with van der Waals surface area (Å²) >= 11 is 0. The zero-order valence-electron chi connectivity index (χ0n) is 13.5. The van der Waals surface area contributed by atoms with E-state index in [1.165, 1.54) is 6.26 Å². The van der Waals surface area contributed by atoms with Crippen LogP contribution in [0.5, 0.6) is 0 Å². The van der Waals surface area contributed by atoms with E-state index in [9.17, 15) is 9.90 Å². The highest BCUT2D eigenvalue weighted by Gasteiger charge is 2.30. The molecule has 0 aliphatic carbocycles. The van der Waals surface area contributed by atoms with Crippen LogP contribution in [-0.4, -0.2) is 52.9 Å². The van der Waals surface area contributed by atoms with Crippen molar-refractivity contribution in [3.63, 3.8) is 0 Å². The summed E-state index contributed by atoms with van der Waals surface area (Å²) in [5, 5.41) is 13.2. The summed E-state index contributed by atoms with van der Waals surface area (Å²) in [6.45, 7) is 2.73. The number of ether oxygens (including phenoxy) is 1. The number of furan rings is 1. The summed E-state index contributed by atoms with van der Waals surface area (Å²) in [7, 11) is 0. The maximum atomic E-state index is 12.4. The number of amides is 2. The normalized spacial score (nSPS) is 19.2. The van der Waals surface area contributed by atoms with Crippen LogP contribution in [-0.2, 0) is 11.3 Å². The molecule has 1 fully saturated rings. The minimum absolute atomic E-state index is 0.123. The quantitative estimate of drug-likeness (QED) is 0.842. The lowest BCUT2D eigenvalue weighted by Gasteiger charge is -2.36. The molecule has 24 heavy (non-hydrogen) atoms. The lowest BCUT2D eigenvalue weighted by atomic mass is 10.1. The first-order chi connectivity index (χ1) is 11.7. The monoisotopic (exact) mass is 333 g/mol. The van der Waals surface area contributed by atoms with Gasteiger partial charge >= 0.3 is 6.03 Å². The molecule has 2 aromatic heterocycles. The molecule has 0 unspecified atom stereocenters. The fourth-order valence-electron chi connectivity index (χ4n) is 2.88. The summed E-state index contributed by atoms with van der Waals surface area (Å²) in [6.07, 6.45) is 5.09. The van der Waals surface area contributed by atoms with Gasteiger partial charge in [0, 0.05) is 38.4 Å². The van der Waals surface area contributed by atoms with Crippen molar-refractivity contribution in [3.05, 3.63) is 48.7 Å². The predicted octanol–water partition coefficient (Wildman–Crippen LogP) is 1.62. The number of nitrogens with one attached hydrogen (secondary N) is 1. The molecule has 0 saturated carbocycles. The Morgan fingerprint density at radius 1 is 1.38 bits per heavy atom. The van der Waals surface area contributed by atoms with Gasteiger partial charge in [-0.2, -0.15) is 0 Å². The van der Waals surface area contributed by atoms with Crippen molar-refractivity contribution < 1.29 is 19.1 Å². The van der Waals surface area contributed by atoms with Gasteiger partial charge in [-0.1, -0.05) is 0 Å². The van der Waals surface area contributed by atoms with Crippen LogP contribution in [0.2, 0.25) is 0 Å². The van der Waals surface area contributed by atoms with Crippen molar-refractivity contribution in [2.75, 3.05) is 26.3 Å². The smallest absolute Gasteiger partial charge is 0.317 e. The predicted molar refractivity (Wildman–Crippen MR) is 87.4 cm³/mol. The van der Waals surface area contributed by atoms with Gasteiger partial charge < -0.3 is 29.0 Å². The fourth-order valence-corrected chi connectivity index (χ4v) is 2.88. The van der Waals surface area contributed by atoms with Gasteiger partial charge in [-0.05, 0) is 24.3 Å². The zero-order valence-corrected chi connectivity index (χ0v) is 13.5. The third kappa shape index (κ3) is 4.18. The minimum Gasteiger partial charge on any atom is -0.467 e. The van der Waals surface area contributed by atoms with E-state index in [2.05, 4.69) is 5.32 Å². The fraction of sp³-hybridized carbons (Fsp3) is 0.471. The Kier molecular flexibility index (Phi) is 5.55. The molecule has 1 saturated heterocycles. The number of nitrogens with zero attached hydrogens (tertiary/aromatic N) is 2. The third-order valence-corrected chi connectivity index (χ3v) is 4.17. The number of carbonyl (C=O) groups excluding carboxylic acids is 1. The highest BCUT2D eigenvalue weighted by molar-refractivity contribution is 5.74. The van der Waals surface area contributed by atoms with Gasteiger partial charge in [0.2, 0.25) is 0 Å². The van der Waals surface area contributed by atoms with Crippen molar-refractivity contribution in [3.8, 4) is 0 Å². The first-order valence-electron chi connectivity index (χ1n) is 8.18. The standard InChI is InChI=1S/C17H23N3O4/c21-15(16-4-3-10-24-16)12-14-13-23-11-9-20(14)17(22)18-5-8-19-6-1-2-7-19/h1-4,6-7,10,14-15,21H,5,8-9,11-13H2,(H,18,22)/t14-,15+/m1/s1. The van der Waals surface area contributed by atoms with Crippen LogP contribution in [0.15, 0.2) is 47.3 Å². The molecular formula is C17H23N3O4. The maximum Gasteiger partial charge on any atom is 0.317 e. The molecule has 1 aliphatic rings. The number of carbonyl (C=O) groups is 1. The molecule has 7 nitrogen and oxygen atoms in total. The number of rotatable bonds is 6. The molecule has 0 spiro atoms. The van der Waals surface area contributed by atoms with Crippen LogP contribution in [0.4, 0.5) is 4.79 Å². The van der Waals surface area contributed by atoms with Crippen LogP contribution in [0.3, 0.4) is 0 Å². The van der Waals surface area contributed by atoms with Crippen LogP contribution in [0.1, 0.15) is 18.3 Å². The Balaban J connectivity index is 1.52. The number of hydrogen-bond donors (Lipinski definition) is 2. The van der Waals surface area contributed by atoms with Gasteiger partial charge in [0.1, 0.15) is 11.9 Å². The van der Waals surface area contributed by atoms with E-state index in [-0.39, 0.29) is 12.1 Å². The van der Waals surface area contributed by atoms with E-state index in [1.807, 2.05) is 29.1 Å². The Bertz CT molecular complexity index is 612. The topological polar surface area (TPSA) is 79.9 Å². The van der Waals surface area contributed by atoms with E-state index in [1.54, 1.807) is 17.0 Å². The Hall–Kier alpha value is -2.25. The van der Waals surface area contributed by atoms with Crippen LogP contribution in [0.25, 0.3) is 0 Å². The molecule has 0 aromatic carbocycles. The van der Waals surface area contributed by atoms with E-state index in [0.29, 0.717) is 38.5 Å². The third-order valence-electron chi connectivity index (χ3n) is 4.17. The van der Waals surface area contributed by atoms with E-state index >= 15 is 0 Å². The molecule has 2 amide bonds. The second kappa shape index (κ2) is 8.03. The second-order valence-corrected chi connectivity index (χ2v) is 5.84. The molecule has 7 heteroatoms. The highest BCUT2D eigenvalue weighted by Crippen LogP contribution is 2.23. The van der Waals surface area contributed by atoms with Crippen molar-refractivity contribution >= 4 is 6.03 Å². The molecule has 3 heterocycles. The van der Waals surface area contributed by atoms with Gasteiger partial charge in [-0.3, -0.25) is 0 Å². The molecule has 2 aromatic rings. The molecular weight excluding hydrogens is 310 g/mol. The van der Waals surface area contributed by atoms with E-state index in [0.717, 1.165) is 6.54 Å². The summed E-state index contributed by atoms with van der Waals surface area (Å²) < 4.78 is 12.7. The lowest BCUT2D eigenvalue weighted by Crippen LogP contribution is -2.53. The van der Waals surface area contributed by atoms with Crippen molar-refractivity contribution in [1.82, 2.24) is 14.8 Å². The number of aliphatic hydroxyl groups excluding tert-OH is 1. The number of aromatic nitrogens is 1. The summed E-state index contributed by atoms with van der Waals surface area (Å²) in [5.74, 6) is 0.508. The van der Waals surface area contributed by atoms with Gasteiger partial charge in [-0.25, -0.2) is 4.79 Å². The molecule has 2 N–H and O–H groups in total. The highest BCUT2D eigenvalue weighted by atomic mass is 16.5.